The number of aryl methyl sites for hydroxylation is 1. The highest BCUT2D eigenvalue weighted by Gasteiger charge is 2.27. The third-order valence-corrected chi connectivity index (χ3v) is 3.00. The van der Waals surface area contributed by atoms with Crippen molar-refractivity contribution in [2.24, 2.45) is 7.05 Å². The quantitative estimate of drug-likeness (QED) is 0.840. The molecule has 5 nitrogen and oxygen atoms in total. The highest BCUT2D eigenvalue weighted by molar-refractivity contribution is 5.00. The van der Waals surface area contributed by atoms with Crippen LogP contribution in [0.5, 0.6) is 0 Å². The van der Waals surface area contributed by atoms with Gasteiger partial charge in [-0.15, -0.1) is 0 Å². The van der Waals surface area contributed by atoms with Gasteiger partial charge < -0.3 is 14.8 Å². The van der Waals surface area contributed by atoms with Gasteiger partial charge in [-0.25, -0.2) is 0 Å². The predicted octanol–water partition coefficient (Wildman–Crippen LogP) is 0.704. The second-order valence-electron chi connectivity index (χ2n) is 4.87. The molecule has 1 aromatic rings. The smallest absolute Gasteiger partial charge is 0.162 e. The maximum absolute atomic E-state index is 5.59. The fourth-order valence-electron chi connectivity index (χ4n) is 1.86. The summed E-state index contributed by atoms with van der Waals surface area (Å²) < 4.78 is 13.1. The first-order chi connectivity index (χ1) is 8.07. The monoisotopic (exact) mass is 239 g/mol. The Kier molecular flexibility index (Phi) is 3.81. The topological polar surface area (TPSA) is 48.3 Å². The Hall–Kier alpha value is -0.910. The zero-order valence-corrected chi connectivity index (χ0v) is 10.8. The molecule has 0 unspecified atom stereocenters. The van der Waals surface area contributed by atoms with Crippen molar-refractivity contribution in [2.45, 2.75) is 32.1 Å². The van der Waals surface area contributed by atoms with Crippen molar-refractivity contribution in [2.75, 3.05) is 19.8 Å². The lowest BCUT2D eigenvalue weighted by Gasteiger charge is -2.35. The largest absolute Gasteiger partial charge is 0.349 e. The lowest BCUT2D eigenvalue weighted by molar-refractivity contribution is -0.252. The molecule has 1 aromatic heterocycles. The van der Waals surface area contributed by atoms with Gasteiger partial charge in [0, 0.05) is 31.9 Å². The number of nitrogens with zero attached hydrogens (tertiary/aromatic N) is 2. The van der Waals surface area contributed by atoms with E-state index in [1.807, 2.05) is 37.8 Å². The van der Waals surface area contributed by atoms with E-state index in [1.165, 1.54) is 5.69 Å². The average Bonchev–Trinajstić information content (AvgIpc) is 2.67. The molecular weight excluding hydrogens is 218 g/mol. The summed E-state index contributed by atoms with van der Waals surface area (Å²) in [4.78, 5) is 0. The van der Waals surface area contributed by atoms with Crippen molar-refractivity contribution < 1.29 is 9.47 Å². The van der Waals surface area contributed by atoms with Gasteiger partial charge in [-0.1, -0.05) is 0 Å². The molecule has 2 heterocycles. The molecule has 5 heteroatoms. The molecule has 1 N–H and O–H groups in total. The minimum atomic E-state index is -0.430. The van der Waals surface area contributed by atoms with Crippen LogP contribution in [0.4, 0.5) is 0 Å². The minimum absolute atomic E-state index is 0.288. The molecule has 17 heavy (non-hydrogen) atoms. The van der Waals surface area contributed by atoms with E-state index in [0.717, 1.165) is 13.0 Å². The maximum atomic E-state index is 5.59. The van der Waals surface area contributed by atoms with Crippen LogP contribution in [-0.4, -0.2) is 41.4 Å². The molecule has 0 spiro atoms. The van der Waals surface area contributed by atoms with E-state index in [4.69, 9.17) is 9.47 Å². The summed E-state index contributed by atoms with van der Waals surface area (Å²) in [6.07, 6.45) is 2.79. The van der Waals surface area contributed by atoms with Crippen LogP contribution in [0, 0.1) is 0 Å². The standard InChI is InChI=1S/C12H21N3O2/c1-12(2)16-8-10(9-17-12)13-6-4-11-5-7-14-15(11)3/h5,7,10,13H,4,6,8-9H2,1-3H3. The predicted molar refractivity (Wildman–Crippen MR) is 64.7 cm³/mol. The summed E-state index contributed by atoms with van der Waals surface area (Å²) in [7, 11) is 1.96. The SMILES string of the molecule is Cn1nccc1CCNC1COC(C)(C)OC1. The van der Waals surface area contributed by atoms with Crippen LogP contribution in [0.3, 0.4) is 0 Å². The molecule has 1 saturated heterocycles. The third-order valence-electron chi connectivity index (χ3n) is 3.00. The van der Waals surface area contributed by atoms with Crippen LogP contribution < -0.4 is 5.32 Å². The lowest BCUT2D eigenvalue weighted by atomic mass is 10.2. The molecular formula is C12H21N3O2. The second kappa shape index (κ2) is 5.16. The molecule has 96 valence electrons. The highest BCUT2D eigenvalue weighted by Crippen LogP contribution is 2.16. The van der Waals surface area contributed by atoms with Gasteiger partial charge in [0.05, 0.1) is 19.3 Å². The van der Waals surface area contributed by atoms with E-state index < -0.39 is 5.79 Å². The van der Waals surface area contributed by atoms with Crippen LogP contribution >= 0.6 is 0 Å². The van der Waals surface area contributed by atoms with Crippen molar-refractivity contribution in [3.8, 4) is 0 Å². The Bertz CT molecular complexity index is 352. The fraction of sp³-hybridized carbons (Fsp3) is 0.750. The number of rotatable bonds is 4. The average molecular weight is 239 g/mol. The first-order valence-corrected chi connectivity index (χ1v) is 6.05. The normalized spacial score (nSPS) is 20.6. The van der Waals surface area contributed by atoms with Crippen molar-refractivity contribution in [3.05, 3.63) is 18.0 Å². The molecule has 0 aromatic carbocycles. The molecule has 1 aliphatic rings. The summed E-state index contributed by atoms with van der Waals surface area (Å²) in [6, 6.07) is 2.33. The molecule has 0 amide bonds. The van der Waals surface area contributed by atoms with Crippen LogP contribution in [0.25, 0.3) is 0 Å². The zero-order valence-electron chi connectivity index (χ0n) is 10.8. The van der Waals surface area contributed by atoms with Crippen molar-refractivity contribution in [3.63, 3.8) is 0 Å². The zero-order chi connectivity index (χ0) is 12.3. The Balaban J connectivity index is 1.68. The first-order valence-electron chi connectivity index (χ1n) is 6.05. The Morgan fingerprint density at radius 2 is 2.18 bits per heavy atom. The molecule has 2 rings (SSSR count). The maximum Gasteiger partial charge on any atom is 0.162 e. The van der Waals surface area contributed by atoms with Crippen molar-refractivity contribution >= 4 is 0 Å². The van der Waals surface area contributed by atoms with Crippen molar-refractivity contribution in [1.29, 1.82) is 0 Å². The Morgan fingerprint density at radius 3 is 2.76 bits per heavy atom. The number of hydrogen-bond donors (Lipinski definition) is 1. The number of aromatic nitrogens is 2. The highest BCUT2D eigenvalue weighted by atomic mass is 16.7. The Labute approximate surface area is 102 Å². The van der Waals surface area contributed by atoms with Gasteiger partial charge >= 0.3 is 0 Å². The van der Waals surface area contributed by atoms with E-state index in [1.54, 1.807) is 0 Å². The molecule has 0 atom stereocenters. The van der Waals surface area contributed by atoms with Crippen LogP contribution in [0.15, 0.2) is 12.3 Å². The van der Waals surface area contributed by atoms with Crippen molar-refractivity contribution in [1.82, 2.24) is 15.1 Å². The summed E-state index contributed by atoms with van der Waals surface area (Å²) >= 11 is 0. The van der Waals surface area contributed by atoms with Gasteiger partial charge in [0.2, 0.25) is 0 Å². The van der Waals surface area contributed by atoms with Crippen LogP contribution in [0.2, 0.25) is 0 Å². The summed E-state index contributed by atoms with van der Waals surface area (Å²) in [5, 5.41) is 7.57. The second-order valence-corrected chi connectivity index (χ2v) is 4.87. The first kappa shape index (κ1) is 12.5. The molecule has 0 radical (unpaired) electrons. The van der Waals surface area contributed by atoms with Gasteiger partial charge in [0.15, 0.2) is 5.79 Å². The number of hydrogen-bond acceptors (Lipinski definition) is 4. The number of ether oxygens (including phenoxy) is 2. The third kappa shape index (κ3) is 3.52. The van der Waals surface area contributed by atoms with Crippen LogP contribution in [0.1, 0.15) is 19.5 Å². The van der Waals surface area contributed by atoms with E-state index in [-0.39, 0.29) is 6.04 Å². The summed E-state index contributed by atoms with van der Waals surface area (Å²) in [6.45, 7) is 6.21. The van der Waals surface area contributed by atoms with E-state index >= 15 is 0 Å². The number of nitrogens with one attached hydrogen (secondary N) is 1. The molecule has 1 fully saturated rings. The van der Waals surface area contributed by atoms with Gasteiger partial charge in [0.25, 0.3) is 0 Å². The Morgan fingerprint density at radius 1 is 1.47 bits per heavy atom. The summed E-state index contributed by atoms with van der Waals surface area (Å²) in [5.74, 6) is -0.430. The summed E-state index contributed by atoms with van der Waals surface area (Å²) in [5.41, 5.74) is 1.23. The lowest BCUT2D eigenvalue weighted by Crippen LogP contribution is -2.49. The minimum Gasteiger partial charge on any atom is -0.349 e. The molecule has 0 bridgehead atoms. The van der Waals surface area contributed by atoms with Gasteiger partial charge in [0.1, 0.15) is 0 Å². The van der Waals surface area contributed by atoms with Gasteiger partial charge in [-0.05, 0) is 19.9 Å². The van der Waals surface area contributed by atoms with Gasteiger partial charge in [-0.2, -0.15) is 5.10 Å². The molecule has 1 aliphatic heterocycles. The fourth-order valence-corrected chi connectivity index (χ4v) is 1.86. The van der Waals surface area contributed by atoms with E-state index in [9.17, 15) is 0 Å². The van der Waals surface area contributed by atoms with E-state index in [0.29, 0.717) is 13.2 Å². The van der Waals surface area contributed by atoms with Gasteiger partial charge in [-0.3, -0.25) is 4.68 Å². The molecule has 0 aliphatic carbocycles. The van der Waals surface area contributed by atoms with Crippen LogP contribution in [-0.2, 0) is 22.9 Å². The molecule has 0 saturated carbocycles. The van der Waals surface area contributed by atoms with E-state index in [2.05, 4.69) is 10.4 Å².